The highest BCUT2D eigenvalue weighted by Crippen LogP contribution is 2.30. The van der Waals surface area contributed by atoms with Gasteiger partial charge in [-0.1, -0.05) is 5.16 Å². The average molecular weight is 329 g/mol. The quantitative estimate of drug-likeness (QED) is 0.554. The van der Waals surface area contributed by atoms with Crippen molar-refractivity contribution in [3.63, 3.8) is 0 Å². The number of aromatic nitrogens is 1. The van der Waals surface area contributed by atoms with Crippen molar-refractivity contribution in [2.45, 2.75) is 0 Å². The first kappa shape index (κ1) is 15.5. The molecule has 2 aromatic heterocycles. The van der Waals surface area contributed by atoms with Crippen LogP contribution in [0.25, 0.3) is 11.3 Å². The van der Waals surface area contributed by atoms with Crippen LogP contribution < -0.4 is 10.2 Å². The minimum Gasteiger partial charge on any atom is -0.483 e. The van der Waals surface area contributed by atoms with Crippen LogP contribution in [0.15, 0.2) is 62.9 Å². The zero-order valence-corrected chi connectivity index (χ0v) is 12.3. The monoisotopic (exact) mass is 329 g/mol. The van der Waals surface area contributed by atoms with Crippen LogP contribution in [0.1, 0.15) is 5.76 Å². The Balaban J connectivity index is 1.61. The molecule has 0 fully saturated rings. The number of benzene rings is 1. The van der Waals surface area contributed by atoms with Gasteiger partial charge in [-0.15, -0.1) is 0 Å². The lowest BCUT2D eigenvalue weighted by Crippen LogP contribution is -2.24. The van der Waals surface area contributed by atoms with E-state index in [4.69, 9.17) is 13.7 Å². The second kappa shape index (κ2) is 7.23. The molecule has 0 bridgehead atoms. The van der Waals surface area contributed by atoms with Gasteiger partial charge in [-0.05, 0) is 30.3 Å². The second-order valence-corrected chi connectivity index (χ2v) is 4.61. The van der Waals surface area contributed by atoms with Crippen LogP contribution in [0.3, 0.4) is 0 Å². The Hall–Kier alpha value is -3.42. The molecule has 2 heterocycles. The summed E-state index contributed by atoms with van der Waals surface area (Å²) in [6.07, 6.45) is 4.28. The van der Waals surface area contributed by atoms with Crippen molar-refractivity contribution in [2.75, 3.05) is 6.61 Å². The Morgan fingerprint density at radius 1 is 1.38 bits per heavy atom. The molecule has 8 heteroatoms. The van der Waals surface area contributed by atoms with E-state index in [9.17, 15) is 9.18 Å². The van der Waals surface area contributed by atoms with E-state index < -0.39 is 11.7 Å². The molecule has 3 rings (SSSR count). The standard InChI is InChI=1S/C16H12FN3O4/c17-11-3-4-14(13(8-11)15-5-6-19-24-15)23-10-16(21)20-18-9-12-2-1-7-22-12/h1-9H,10H2,(H,20,21)/b18-9-. The predicted molar refractivity (Wildman–Crippen MR) is 81.8 cm³/mol. The van der Waals surface area contributed by atoms with Crippen molar-refractivity contribution >= 4 is 12.1 Å². The smallest absolute Gasteiger partial charge is 0.277 e. The number of hydrazone groups is 1. The molecule has 1 aromatic carbocycles. The molecular formula is C16H12FN3O4. The van der Waals surface area contributed by atoms with Crippen molar-refractivity contribution in [1.29, 1.82) is 0 Å². The summed E-state index contributed by atoms with van der Waals surface area (Å²) in [6, 6.07) is 8.83. The Morgan fingerprint density at radius 3 is 3.04 bits per heavy atom. The molecule has 7 nitrogen and oxygen atoms in total. The maximum atomic E-state index is 13.4. The lowest BCUT2D eigenvalue weighted by atomic mass is 10.1. The summed E-state index contributed by atoms with van der Waals surface area (Å²) in [5.74, 6) is 0.188. The van der Waals surface area contributed by atoms with Gasteiger partial charge in [0.15, 0.2) is 12.4 Å². The fourth-order valence-electron chi connectivity index (χ4n) is 1.88. The molecule has 0 saturated heterocycles. The summed E-state index contributed by atoms with van der Waals surface area (Å²) >= 11 is 0. The number of furan rings is 1. The first-order chi connectivity index (χ1) is 11.7. The number of hydrogen-bond acceptors (Lipinski definition) is 6. The number of halogens is 1. The van der Waals surface area contributed by atoms with Crippen LogP contribution in [0, 0.1) is 5.82 Å². The molecule has 24 heavy (non-hydrogen) atoms. The first-order valence-electron chi connectivity index (χ1n) is 6.91. The number of nitrogens with one attached hydrogen (secondary N) is 1. The third-order valence-corrected chi connectivity index (χ3v) is 2.93. The van der Waals surface area contributed by atoms with E-state index in [1.165, 1.54) is 36.9 Å². The Morgan fingerprint density at radius 2 is 2.29 bits per heavy atom. The SMILES string of the molecule is O=C(COc1ccc(F)cc1-c1ccno1)N/N=C\c1ccco1. The molecule has 0 aliphatic rings. The van der Waals surface area contributed by atoms with Crippen molar-refractivity contribution in [2.24, 2.45) is 5.10 Å². The highest BCUT2D eigenvalue weighted by atomic mass is 19.1. The largest absolute Gasteiger partial charge is 0.483 e. The first-order valence-corrected chi connectivity index (χ1v) is 6.91. The summed E-state index contributed by atoms with van der Waals surface area (Å²) in [5, 5.41) is 7.29. The number of carbonyl (C=O) groups excluding carboxylic acids is 1. The van der Waals surface area contributed by atoms with Gasteiger partial charge in [-0.3, -0.25) is 4.79 Å². The molecule has 1 N–H and O–H groups in total. The van der Waals surface area contributed by atoms with E-state index in [0.29, 0.717) is 22.8 Å². The molecular weight excluding hydrogens is 317 g/mol. The lowest BCUT2D eigenvalue weighted by molar-refractivity contribution is -0.123. The molecule has 0 spiro atoms. The van der Waals surface area contributed by atoms with Gasteiger partial charge in [0.05, 0.1) is 24.2 Å². The second-order valence-electron chi connectivity index (χ2n) is 4.61. The number of ether oxygens (including phenoxy) is 1. The van der Waals surface area contributed by atoms with Crippen LogP contribution in [-0.4, -0.2) is 23.9 Å². The topological polar surface area (TPSA) is 89.9 Å². The van der Waals surface area contributed by atoms with Gasteiger partial charge in [-0.25, -0.2) is 9.82 Å². The van der Waals surface area contributed by atoms with Crippen LogP contribution in [0.2, 0.25) is 0 Å². The van der Waals surface area contributed by atoms with Crippen molar-refractivity contribution in [1.82, 2.24) is 10.6 Å². The van der Waals surface area contributed by atoms with E-state index in [1.54, 1.807) is 18.2 Å². The van der Waals surface area contributed by atoms with Gasteiger partial charge < -0.3 is 13.7 Å². The molecule has 0 unspecified atom stereocenters. The van der Waals surface area contributed by atoms with Crippen LogP contribution in [0.4, 0.5) is 4.39 Å². The van der Waals surface area contributed by atoms with Crippen molar-refractivity contribution in [3.8, 4) is 17.1 Å². The molecule has 0 atom stereocenters. The number of amides is 1. The Bertz CT molecular complexity index is 829. The zero-order valence-electron chi connectivity index (χ0n) is 12.3. The predicted octanol–water partition coefficient (Wildman–Crippen LogP) is 2.60. The molecule has 0 aliphatic carbocycles. The molecule has 122 valence electrons. The zero-order chi connectivity index (χ0) is 16.8. The summed E-state index contributed by atoms with van der Waals surface area (Å²) in [4.78, 5) is 11.7. The van der Waals surface area contributed by atoms with Crippen molar-refractivity contribution in [3.05, 3.63) is 60.4 Å². The number of rotatable bonds is 6. The molecule has 0 aliphatic heterocycles. The van der Waals surface area contributed by atoms with Gasteiger partial charge in [0, 0.05) is 6.07 Å². The van der Waals surface area contributed by atoms with E-state index in [2.05, 4.69) is 15.7 Å². The summed E-state index contributed by atoms with van der Waals surface area (Å²) in [6.45, 7) is -0.303. The van der Waals surface area contributed by atoms with Crippen molar-refractivity contribution < 1.29 is 22.9 Å². The summed E-state index contributed by atoms with van der Waals surface area (Å²) in [7, 11) is 0. The van der Waals surface area contributed by atoms with Crippen LogP contribution in [-0.2, 0) is 4.79 Å². The lowest BCUT2D eigenvalue weighted by Gasteiger charge is -2.09. The van der Waals surface area contributed by atoms with E-state index in [0.717, 1.165) is 0 Å². The average Bonchev–Trinajstić information content (AvgIpc) is 3.27. The number of nitrogens with zero attached hydrogens (tertiary/aromatic N) is 2. The minimum absolute atomic E-state index is 0.290. The van der Waals surface area contributed by atoms with Gasteiger partial charge >= 0.3 is 0 Å². The fraction of sp³-hybridized carbons (Fsp3) is 0.0625. The fourth-order valence-corrected chi connectivity index (χ4v) is 1.88. The molecule has 3 aromatic rings. The van der Waals surface area contributed by atoms with Crippen LogP contribution >= 0.6 is 0 Å². The Labute approximate surface area is 135 Å². The maximum absolute atomic E-state index is 13.4. The van der Waals surface area contributed by atoms with E-state index in [1.807, 2.05) is 0 Å². The van der Waals surface area contributed by atoms with Gasteiger partial charge in [0.1, 0.15) is 17.3 Å². The Kier molecular flexibility index (Phi) is 4.66. The van der Waals surface area contributed by atoms with Gasteiger partial charge in [-0.2, -0.15) is 5.10 Å². The van der Waals surface area contributed by atoms with E-state index in [-0.39, 0.29) is 6.61 Å². The maximum Gasteiger partial charge on any atom is 0.277 e. The summed E-state index contributed by atoms with van der Waals surface area (Å²) in [5.41, 5.74) is 2.65. The highest BCUT2D eigenvalue weighted by molar-refractivity contribution is 5.81. The minimum atomic E-state index is -0.481. The van der Waals surface area contributed by atoms with E-state index >= 15 is 0 Å². The normalized spacial score (nSPS) is 10.9. The molecule has 0 saturated carbocycles. The number of carbonyl (C=O) groups is 1. The third-order valence-electron chi connectivity index (χ3n) is 2.93. The number of hydrogen-bond donors (Lipinski definition) is 1. The summed E-state index contributed by atoms with van der Waals surface area (Å²) < 4.78 is 28.8. The third kappa shape index (κ3) is 3.86. The highest BCUT2D eigenvalue weighted by Gasteiger charge is 2.12. The van der Waals surface area contributed by atoms with Crippen LogP contribution in [0.5, 0.6) is 5.75 Å². The molecule has 1 amide bonds. The van der Waals surface area contributed by atoms with Gasteiger partial charge in [0.25, 0.3) is 5.91 Å². The molecule has 0 radical (unpaired) electrons. The van der Waals surface area contributed by atoms with Gasteiger partial charge in [0.2, 0.25) is 0 Å².